The molecule has 1 heterocycles. The molecule has 0 aliphatic rings. The number of anilines is 1. The molecule has 0 saturated heterocycles. The quantitative estimate of drug-likeness (QED) is 0.472. The van der Waals surface area contributed by atoms with Crippen molar-refractivity contribution < 1.29 is 19.5 Å². The highest BCUT2D eigenvalue weighted by atomic mass is 79.9. The third-order valence-electron chi connectivity index (χ3n) is 3.19. The number of phenolic OH excluding ortho intramolecular Hbond substituents is 1. The Kier molecular flexibility index (Phi) is 4.03. The molecule has 1 amide bonds. The minimum atomic E-state index is -0.483. The van der Waals surface area contributed by atoms with Gasteiger partial charge in [0.15, 0.2) is 0 Å². The first kappa shape index (κ1) is 15.1. The lowest BCUT2D eigenvalue weighted by Gasteiger charge is -2.08. The third kappa shape index (κ3) is 3.04. The molecular weight excluding hydrogens is 364 g/mol. The van der Waals surface area contributed by atoms with Gasteiger partial charge in [-0.25, -0.2) is 0 Å². The second-order valence-electron chi connectivity index (χ2n) is 4.72. The van der Waals surface area contributed by atoms with Crippen molar-refractivity contribution in [3.63, 3.8) is 0 Å². The van der Waals surface area contributed by atoms with Crippen LogP contribution in [0.2, 0.25) is 0 Å². The van der Waals surface area contributed by atoms with Crippen LogP contribution in [-0.4, -0.2) is 16.2 Å². The zero-order valence-corrected chi connectivity index (χ0v) is 13.2. The molecule has 3 N–H and O–H groups in total. The standard InChI is InChI=1S/C16H11BrN2O4/c17-12-3-1-2-4-13(12)18-15(21)11-7-9-5-6-10(20)8-14(9)23-16(11)19-22/h1-8,20,22H,(H,18,21). The summed E-state index contributed by atoms with van der Waals surface area (Å²) in [4.78, 5) is 12.4. The average molecular weight is 375 g/mol. The number of amides is 1. The normalized spacial score (nSPS) is 11.6. The number of carbonyl (C=O) groups is 1. The van der Waals surface area contributed by atoms with Crippen LogP contribution in [0, 0.1) is 0 Å². The van der Waals surface area contributed by atoms with Crippen LogP contribution in [0.25, 0.3) is 11.0 Å². The van der Waals surface area contributed by atoms with Gasteiger partial charge in [-0.1, -0.05) is 12.1 Å². The lowest BCUT2D eigenvalue weighted by molar-refractivity contribution is 0.102. The second-order valence-corrected chi connectivity index (χ2v) is 5.58. The first-order valence-electron chi connectivity index (χ1n) is 6.59. The Labute approximate surface area is 138 Å². The van der Waals surface area contributed by atoms with Crippen molar-refractivity contribution in [2.24, 2.45) is 5.16 Å². The number of halogens is 1. The maximum atomic E-state index is 12.4. The summed E-state index contributed by atoms with van der Waals surface area (Å²) in [7, 11) is 0. The van der Waals surface area contributed by atoms with E-state index in [-0.39, 0.29) is 16.9 Å². The van der Waals surface area contributed by atoms with E-state index in [2.05, 4.69) is 26.4 Å². The predicted molar refractivity (Wildman–Crippen MR) is 87.3 cm³/mol. The first-order chi connectivity index (χ1) is 11.1. The van der Waals surface area contributed by atoms with Crippen LogP contribution in [0.5, 0.6) is 5.75 Å². The highest BCUT2D eigenvalue weighted by Crippen LogP contribution is 2.23. The number of rotatable bonds is 2. The molecule has 0 atom stereocenters. The fraction of sp³-hybridized carbons (Fsp3) is 0. The van der Waals surface area contributed by atoms with E-state index in [1.807, 2.05) is 6.07 Å². The van der Waals surface area contributed by atoms with Gasteiger partial charge in [0.1, 0.15) is 16.9 Å². The summed E-state index contributed by atoms with van der Waals surface area (Å²) in [5.41, 5.74) is 0.705. The Bertz CT molecular complexity index is 966. The van der Waals surface area contributed by atoms with Crippen LogP contribution in [0.15, 0.2) is 62.6 Å². The molecule has 2 aromatic carbocycles. The second kappa shape index (κ2) is 6.13. The van der Waals surface area contributed by atoms with Crippen LogP contribution in [-0.2, 0) is 0 Å². The number of para-hydroxylation sites is 1. The van der Waals surface area contributed by atoms with Gasteiger partial charge in [0.25, 0.3) is 11.5 Å². The maximum Gasteiger partial charge on any atom is 0.268 e. The van der Waals surface area contributed by atoms with Gasteiger partial charge in [-0.15, -0.1) is 0 Å². The number of phenols is 1. The van der Waals surface area contributed by atoms with Gasteiger partial charge in [0.05, 0.1) is 5.69 Å². The number of nitrogens with one attached hydrogen (secondary N) is 1. The fourth-order valence-corrected chi connectivity index (χ4v) is 2.48. The number of fused-ring (bicyclic) bond motifs is 1. The predicted octanol–water partition coefficient (Wildman–Crippen LogP) is 3.44. The molecule has 0 spiro atoms. The molecule has 116 valence electrons. The SMILES string of the molecule is O=C(Nc1ccccc1Br)c1cc2ccc(O)cc2oc1=NO. The molecule has 0 radical (unpaired) electrons. The number of benzene rings is 2. The molecule has 0 aliphatic heterocycles. The Balaban J connectivity index is 2.06. The highest BCUT2D eigenvalue weighted by molar-refractivity contribution is 9.10. The zero-order chi connectivity index (χ0) is 16.4. The Hall–Kier alpha value is -2.80. The zero-order valence-electron chi connectivity index (χ0n) is 11.7. The third-order valence-corrected chi connectivity index (χ3v) is 3.88. The smallest absolute Gasteiger partial charge is 0.268 e. The minimum absolute atomic E-state index is 0.00978. The van der Waals surface area contributed by atoms with Crippen LogP contribution in [0.3, 0.4) is 0 Å². The van der Waals surface area contributed by atoms with Crippen molar-refractivity contribution in [3.8, 4) is 5.75 Å². The summed E-state index contributed by atoms with van der Waals surface area (Å²) in [5, 5.41) is 24.9. The largest absolute Gasteiger partial charge is 0.508 e. The fourth-order valence-electron chi connectivity index (χ4n) is 2.10. The number of nitrogens with zero attached hydrogens (tertiary/aromatic N) is 1. The van der Waals surface area contributed by atoms with E-state index >= 15 is 0 Å². The van der Waals surface area contributed by atoms with Crippen LogP contribution < -0.4 is 10.9 Å². The van der Waals surface area contributed by atoms with E-state index in [9.17, 15) is 9.90 Å². The van der Waals surface area contributed by atoms with Crippen molar-refractivity contribution in [3.05, 3.63) is 64.1 Å². The molecule has 1 aromatic heterocycles. The summed E-state index contributed by atoms with van der Waals surface area (Å²) in [6.45, 7) is 0. The molecule has 0 aliphatic carbocycles. The molecule has 3 aromatic rings. The lowest BCUT2D eigenvalue weighted by atomic mass is 10.1. The first-order valence-corrected chi connectivity index (χ1v) is 7.38. The Morgan fingerprint density at radius 1 is 1.17 bits per heavy atom. The number of hydrogen-bond donors (Lipinski definition) is 3. The van der Waals surface area contributed by atoms with Crippen molar-refractivity contribution >= 4 is 38.5 Å². The lowest BCUT2D eigenvalue weighted by Crippen LogP contribution is -2.21. The van der Waals surface area contributed by atoms with Crippen LogP contribution in [0.4, 0.5) is 5.69 Å². The Morgan fingerprint density at radius 3 is 2.70 bits per heavy atom. The van der Waals surface area contributed by atoms with Crippen molar-refractivity contribution in [2.75, 3.05) is 5.32 Å². The summed E-state index contributed by atoms with van der Waals surface area (Å²) >= 11 is 3.34. The Morgan fingerprint density at radius 2 is 1.96 bits per heavy atom. The molecule has 0 unspecified atom stereocenters. The van der Waals surface area contributed by atoms with E-state index in [1.54, 1.807) is 24.3 Å². The molecule has 0 bridgehead atoms. The van der Waals surface area contributed by atoms with E-state index in [4.69, 9.17) is 9.62 Å². The molecule has 3 rings (SSSR count). The number of aromatic hydroxyl groups is 1. The van der Waals surface area contributed by atoms with Gasteiger partial charge >= 0.3 is 0 Å². The average Bonchev–Trinajstić information content (AvgIpc) is 2.55. The van der Waals surface area contributed by atoms with Crippen LogP contribution >= 0.6 is 15.9 Å². The van der Waals surface area contributed by atoms with Gasteiger partial charge in [-0.05, 0) is 51.4 Å². The summed E-state index contributed by atoms with van der Waals surface area (Å²) in [6.07, 6.45) is 0. The van der Waals surface area contributed by atoms with Gasteiger partial charge in [-0.3, -0.25) is 4.79 Å². The molecule has 7 heteroatoms. The summed E-state index contributed by atoms with van der Waals surface area (Å²) < 4.78 is 6.08. The van der Waals surface area contributed by atoms with Gasteiger partial charge in [-0.2, -0.15) is 0 Å². The monoisotopic (exact) mass is 374 g/mol. The highest BCUT2D eigenvalue weighted by Gasteiger charge is 2.14. The van der Waals surface area contributed by atoms with Gasteiger partial charge < -0.3 is 20.0 Å². The number of carbonyl (C=O) groups excluding carboxylic acids is 1. The molecule has 0 saturated carbocycles. The van der Waals surface area contributed by atoms with Gasteiger partial charge in [0, 0.05) is 15.9 Å². The van der Waals surface area contributed by atoms with E-state index in [1.165, 1.54) is 18.2 Å². The van der Waals surface area contributed by atoms with Crippen molar-refractivity contribution in [2.45, 2.75) is 0 Å². The topological polar surface area (TPSA) is 95.1 Å². The molecule has 0 fully saturated rings. The van der Waals surface area contributed by atoms with E-state index in [0.29, 0.717) is 16.7 Å². The van der Waals surface area contributed by atoms with E-state index < -0.39 is 5.91 Å². The van der Waals surface area contributed by atoms with Crippen molar-refractivity contribution in [1.29, 1.82) is 0 Å². The number of hydrogen-bond acceptors (Lipinski definition) is 5. The maximum absolute atomic E-state index is 12.4. The molecule has 23 heavy (non-hydrogen) atoms. The summed E-state index contributed by atoms with van der Waals surface area (Å²) in [5.74, 6) is -0.473. The molecule has 6 nitrogen and oxygen atoms in total. The van der Waals surface area contributed by atoms with Gasteiger partial charge in [0.2, 0.25) is 0 Å². The minimum Gasteiger partial charge on any atom is -0.508 e. The van der Waals surface area contributed by atoms with Crippen molar-refractivity contribution in [1.82, 2.24) is 0 Å². The van der Waals surface area contributed by atoms with E-state index in [0.717, 1.165) is 4.47 Å². The van der Waals surface area contributed by atoms with Crippen LogP contribution in [0.1, 0.15) is 10.4 Å². The summed E-state index contributed by atoms with van der Waals surface area (Å²) in [6, 6.07) is 13.1. The molecular formula is C16H11BrN2O4.